The molecule has 1 fully saturated rings. The van der Waals surface area contributed by atoms with Crippen LogP contribution in [0.15, 0.2) is 54.6 Å². The molecule has 0 aromatic heterocycles. The molecule has 0 saturated carbocycles. The minimum Gasteiger partial charge on any atom is -0.462 e. The van der Waals surface area contributed by atoms with Crippen LogP contribution in [-0.4, -0.2) is 31.3 Å². The van der Waals surface area contributed by atoms with Crippen LogP contribution >= 0.6 is 0 Å². The third-order valence-corrected chi connectivity index (χ3v) is 4.65. The van der Waals surface area contributed by atoms with Crippen molar-refractivity contribution in [1.82, 2.24) is 5.32 Å². The number of hydrogen-bond donors (Lipinski definition) is 1. The SMILES string of the molecule is CC(C)(C)OC=O.N#Cc1ccccc1COC1CNCCC1c1ccccc1. The zero-order chi connectivity index (χ0) is 21.1. The van der Waals surface area contributed by atoms with E-state index in [1.54, 1.807) is 0 Å². The van der Waals surface area contributed by atoms with E-state index in [-0.39, 0.29) is 11.7 Å². The molecule has 2 atom stereocenters. The number of hydrogen-bond acceptors (Lipinski definition) is 5. The Balaban J connectivity index is 0.000000370. The van der Waals surface area contributed by atoms with E-state index in [1.807, 2.05) is 51.1 Å². The lowest BCUT2D eigenvalue weighted by atomic mass is 9.88. The zero-order valence-electron chi connectivity index (χ0n) is 17.4. The summed E-state index contributed by atoms with van der Waals surface area (Å²) in [5, 5.41) is 12.6. The molecule has 0 radical (unpaired) electrons. The lowest BCUT2D eigenvalue weighted by Gasteiger charge is -2.32. The molecule has 1 N–H and O–H groups in total. The maximum Gasteiger partial charge on any atom is 0.293 e. The Kier molecular flexibility index (Phi) is 8.85. The summed E-state index contributed by atoms with van der Waals surface area (Å²) in [4.78, 5) is 9.60. The number of carbonyl (C=O) groups excluding carboxylic acids is 1. The Hall–Kier alpha value is -2.68. The topological polar surface area (TPSA) is 71.4 Å². The molecule has 0 aliphatic carbocycles. The molecule has 1 saturated heterocycles. The van der Waals surface area contributed by atoms with E-state index < -0.39 is 0 Å². The molecule has 0 spiro atoms. The van der Waals surface area contributed by atoms with Crippen molar-refractivity contribution in [1.29, 1.82) is 5.26 Å². The molecule has 0 bridgehead atoms. The minimum absolute atomic E-state index is 0.142. The molecule has 2 unspecified atom stereocenters. The van der Waals surface area contributed by atoms with Crippen molar-refractivity contribution in [3.63, 3.8) is 0 Å². The second-order valence-corrected chi connectivity index (χ2v) is 7.95. The van der Waals surface area contributed by atoms with Gasteiger partial charge in [-0.1, -0.05) is 48.5 Å². The lowest BCUT2D eigenvalue weighted by Crippen LogP contribution is -2.41. The van der Waals surface area contributed by atoms with Crippen molar-refractivity contribution in [2.75, 3.05) is 13.1 Å². The predicted octanol–water partition coefficient (Wildman–Crippen LogP) is 4.18. The number of rotatable bonds is 5. The lowest BCUT2D eigenvalue weighted by molar-refractivity contribution is -0.138. The van der Waals surface area contributed by atoms with E-state index in [1.165, 1.54) is 5.56 Å². The molecule has 5 nitrogen and oxygen atoms in total. The maximum atomic E-state index is 9.60. The highest BCUT2D eigenvalue weighted by Crippen LogP contribution is 2.28. The van der Waals surface area contributed by atoms with Crippen molar-refractivity contribution in [3.05, 3.63) is 71.3 Å². The Morgan fingerprint density at radius 2 is 1.83 bits per heavy atom. The summed E-state index contributed by atoms with van der Waals surface area (Å²) in [6.45, 7) is 8.28. The summed E-state index contributed by atoms with van der Waals surface area (Å²) in [5.41, 5.74) is 2.68. The van der Waals surface area contributed by atoms with E-state index in [2.05, 4.69) is 40.4 Å². The molecule has 1 aliphatic heterocycles. The summed E-state index contributed by atoms with van der Waals surface area (Å²) >= 11 is 0. The van der Waals surface area contributed by atoms with Gasteiger partial charge in [-0.25, -0.2) is 0 Å². The van der Waals surface area contributed by atoms with E-state index in [0.29, 0.717) is 24.6 Å². The van der Waals surface area contributed by atoms with Crippen LogP contribution in [0, 0.1) is 11.3 Å². The average molecular weight is 395 g/mol. The second kappa shape index (κ2) is 11.4. The van der Waals surface area contributed by atoms with Crippen LogP contribution in [0.25, 0.3) is 0 Å². The Bertz CT molecular complexity index is 794. The van der Waals surface area contributed by atoms with Crippen LogP contribution in [0.3, 0.4) is 0 Å². The van der Waals surface area contributed by atoms with E-state index >= 15 is 0 Å². The third kappa shape index (κ3) is 7.69. The van der Waals surface area contributed by atoms with Crippen LogP contribution in [0.1, 0.15) is 49.8 Å². The van der Waals surface area contributed by atoms with Crippen molar-refractivity contribution < 1.29 is 14.3 Å². The van der Waals surface area contributed by atoms with Gasteiger partial charge in [0.2, 0.25) is 0 Å². The molecule has 154 valence electrons. The highest BCUT2D eigenvalue weighted by atomic mass is 16.5. The number of nitrogens with one attached hydrogen (secondary N) is 1. The van der Waals surface area contributed by atoms with Crippen molar-refractivity contribution in [2.24, 2.45) is 0 Å². The van der Waals surface area contributed by atoms with Gasteiger partial charge in [-0.05, 0) is 50.9 Å². The monoisotopic (exact) mass is 394 g/mol. The fraction of sp³-hybridized carbons (Fsp3) is 0.417. The summed E-state index contributed by atoms with van der Waals surface area (Å²) in [7, 11) is 0. The first kappa shape index (κ1) is 22.6. The summed E-state index contributed by atoms with van der Waals surface area (Å²) < 4.78 is 10.7. The summed E-state index contributed by atoms with van der Waals surface area (Å²) in [6, 6.07) is 20.4. The van der Waals surface area contributed by atoms with Crippen molar-refractivity contribution in [2.45, 2.75) is 51.4 Å². The first-order valence-corrected chi connectivity index (χ1v) is 9.91. The van der Waals surface area contributed by atoms with Crippen LogP contribution in [-0.2, 0) is 20.9 Å². The highest BCUT2D eigenvalue weighted by molar-refractivity contribution is 5.38. The zero-order valence-corrected chi connectivity index (χ0v) is 17.4. The van der Waals surface area contributed by atoms with E-state index in [9.17, 15) is 4.79 Å². The van der Waals surface area contributed by atoms with Crippen LogP contribution in [0.5, 0.6) is 0 Å². The van der Waals surface area contributed by atoms with Gasteiger partial charge < -0.3 is 14.8 Å². The smallest absolute Gasteiger partial charge is 0.293 e. The highest BCUT2D eigenvalue weighted by Gasteiger charge is 2.27. The fourth-order valence-electron chi connectivity index (χ4n) is 3.18. The average Bonchev–Trinajstić information content (AvgIpc) is 2.73. The Morgan fingerprint density at radius 3 is 2.45 bits per heavy atom. The number of ether oxygens (including phenoxy) is 2. The summed E-state index contributed by atoms with van der Waals surface area (Å²) in [5.74, 6) is 0.414. The van der Waals surface area contributed by atoms with E-state index in [0.717, 1.165) is 25.1 Å². The van der Waals surface area contributed by atoms with Gasteiger partial charge in [-0.3, -0.25) is 4.79 Å². The molecule has 0 amide bonds. The molecule has 1 heterocycles. The number of nitrogens with zero attached hydrogens (tertiary/aromatic N) is 1. The molecule has 5 heteroatoms. The Morgan fingerprint density at radius 1 is 1.14 bits per heavy atom. The molecule has 2 aromatic rings. The molecular formula is C24H30N2O3. The first-order valence-electron chi connectivity index (χ1n) is 9.91. The Labute approximate surface area is 173 Å². The van der Waals surface area contributed by atoms with Gasteiger partial charge in [0.15, 0.2) is 0 Å². The second-order valence-electron chi connectivity index (χ2n) is 7.95. The summed E-state index contributed by atoms with van der Waals surface area (Å²) in [6.07, 6.45) is 1.22. The number of piperidine rings is 1. The van der Waals surface area contributed by atoms with Gasteiger partial charge >= 0.3 is 0 Å². The number of carbonyl (C=O) groups is 1. The predicted molar refractivity (Wildman–Crippen MR) is 113 cm³/mol. The largest absolute Gasteiger partial charge is 0.462 e. The normalized spacial score (nSPS) is 18.7. The van der Waals surface area contributed by atoms with Gasteiger partial charge in [0, 0.05) is 12.5 Å². The van der Waals surface area contributed by atoms with Crippen molar-refractivity contribution in [3.8, 4) is 6.07 Å². The molecule has 1 aliphatic rings. The quantitative estimate of drug-likeness (QED) is 0.771. The molecule has 29 heavy (non-hydrogen) atoms. The van der Waals surface area contributed by atoms with Gasteiger partial charge in [0.05, 0.1) is 24.3 Å². The van der Waals surface area contributed by atoms with E-state index in [4.69, 9.17) is 10.00 Å². The molecule has 2 aromatic carbocycles. The van der Waals surface area contributed by atoms with Gasteiger partial charge in [-0.2, -0.15) is 5.26 Å². The third-order valence-electron chi connectivity index (χ3n) is 4.65. The van der Waals surface area contributed by atoms with Crippen LogP contribution in [0.4, 0.5) is 0 Å². The number of nitriles is 1. The van der Waals surface area contributed by atoms with Crippen molar-refractivity contribution >= 4 is 6.47 Å². The molecular weight excluding hydrogens is 364 g/mol. The van der Waals surface area contributed by atoms with Crippen LogP contribution in [0.2, 0.25) is 0 Å². The first-order chi connectivity index (χ1) is 13.9. The van der Waals surface area contributed by atoms with Gasteiger partial charge in [0.1, 0.15) is 5.60 Å². The standard InChI is InChI=1S/C19H20N2O.C5H10O2/c20-12-16-8-4-5-9-17(16)14-22-19-13-21-11-10-18(19)15-6-2-1-3-7-15;1-5(2,3)7-4-6/h1-9,18-19,21H,10-11,13-14H2;4H,1-3H3. The van der Waals surface area contributed by atoms with Crippen LogP contribution < -0.4 is 5.32 Å². The maximum absolute atomic E-state index is 9.60. The minimum atomic E-state index is -0.318. The van der Waals surface area contributed by atoms with Gasteiger partial charge in [-0.15, -0.1) is 0 Å². The fourth-order valence-corrected chi connectivity index (χ4v) is 3.18. The van der Waals surface area contributed by atoms with Gasteiger partial charge in [0.25, 0.3) is 6.47 Å². The number of benzene rings is 2. The molecule has 3 rings (SSSR count).